The molecule has 0 aromatic heterocycles. The minimum atomic E-state index is -1.79. The molecule has 446 valence electrons. The molecule has 0 aliphatic carbocycles. The highest BCUT2D eigenvalue weighted by atomic mass is 16.7. The van der Waals surface area contributed by atoms with Crippen molar-refractivity contribution in [2.75, 3.05) is 19.8 Å². The molecular weight excluding hydrogens is 979 g/mol. The molecule has 2 saturated heterocycles. The van der Waals surface area contributed by atoms with Gasteiger partial charge in [0.2, 0.25) is 5.91 Å². The fourth-order valence-corrected chi connectivity index (χ4v) is 9.71. The molecule has 0 saturated carbocycles. The van der Waals surface area contributed by atoms with Crippen molar-refractivity contribution in [2.45, 2.75) is 299 Å². The van der Waals surface area contributed by atoms with Crippen LogP contribution in [0.4, 0.5) is 0 Å². The lowest BCUT2D eigenvalue weighted by Crippen LogP contribution is -2.65. The summed E-state index contributed by atoms with van der Waals surface area (Å²) in [6.07, 6.45) is 46.7. The Balaban J connectivity index is 1.69. The molecular formula is C63H111NO13. The number of aliphatic hydroxyl groups is 8. The van der Waals surface area contributed by atoms with Gasteiger partial charge >= 0.3 is 0 Å². The van der Waals surface area contributed by atoms with Crippen molar-refractivity contribution in [3.63, 3.8) is 0 Å². The SMILES string of the molecule is CC/C=C\C/C=C\C/C=C\C/C=C\CCCCCCCCCCCCCCCCCCC(=O)NC(COC1OC(CO)C(OC2OC(CO)C(O)C(O)C2O)C(O)C1O)C(O)/C=C/CC/C=C/CCCCCCCCCC. The first-order valence-corrected chi connectivity index (χ1v) is 30.7. The Bertz CT molecular complexity index is 1570. The summed E-state index contributed by atoms with van der Waals surface area (Å²) in [4.78, 5) is 13.3. The maximum atomic E-state index is 13.3. The maximum Gasteiger partial charge on any atom is 0.220 e. The van der Waals surface area contributed by atoms with Crippen molar-refractivity contribution < 1.29 is 64.6 Å². The van der Waals surface area contributed by atoms with E-state index < -0.39 is 86.8 Å². The highest BCUT2D eigenvalue weighted by Gasteiger charge is 2.51. The molecule has 0 aromatic rings. The molecule has 2 fully saturated rings. The van der Waals surface area contributed by atoms with E-state index in [1.165, 1.54) is 135 Å². The predicted molar refractivity (Wildman–Crippen MR) is 309 cm³/mol. The van der Waals surface area contributed by atoms with Gasteiger partial charge in [-0.3, -0.25) is 4.79 Å². The molecule has 9 N–H and O–H groups in total. The van der Waals surface area contributed by atoms with Gasteiger partial charge in [-0.15, -0.1) is 0 Å². The van der Waals surface area contributed by atoms with E-state index in [1.54, 1.807) is 6.08 Å². The van der Waals surface area contributed by atoms with Crippen LogP contribution in [0, 0.1) is 0 Å². The zero-order valence-electron chi connectivity index (χ0n) is 47.9. The predicted octanol–water partition coefficient (Wildman–Crippen LogP) is 10.7. The number of carbonyl (C=O) groups excluding carboxylic acids is 1. The summed E-state index contributed by atoms with van der Waals surface area (Å²) >= 11 is 0. The van der Waals surface area contributed by atoms with Gasteiger partial charge in [-0.05, 0) is 70.6 Å². The second-order valence-corrected chi connectivity index (χ2v) is 21.4. The van der Waals surface area contributed by atoms with Crippen LogP contribution in [0.5, 0.6) is 0 Å². The van der Waals surface area contributed by atoms with Gasteiger partial charge in [-0.1, -0.05) is 222 Å². The smallest absolute Gasteiger partial charge is 0.220 e. The molecule has 2 aliphatic heterocycles. The Kier molecular flexibility index (Phi) is 44.1. The second kappa shape index (κ2) is 48.2. The van der Waals surface area contributed by atoms with E-state index in [-0.39, 0.29) is 18.9 Å². The standard InChI is InChI=1S/C63H111NO13/c1-3-5-7-9-11-13-15-17-19-20-21-22-23-24-25-26-27-28-29-30-31-32-33-35-37-39-41-43-45-47-55(68)64-51(52(67)46-44-42-40-38-36-34-18-16-14-12-10-8-6-4-2)50-74-62-60(73)58(71)61(54(49-66)76-62)77-63-59(72)57(70)56(69)53(48-65)75-63/h5,7,11,13,17,19,21-22,36,38,44,46,51-54,56-63,65-67,69-73H,3-4,6,8-10,12,14-16,18,20,23-35,37,39-43,45,47-50H2,1-2H3,(H,64,68)/b7-5-,13-11-,19-17-,22-21-,38-36+,46-44+. The average molecular weight is 1090 g/mol. The van der Waals surface area contributed by atoms with E-state index in [9.17, 15) is 45.6 Å². The van der Waals surface area contributed by atoms with Crippen LogP contribution in [-0.2, 0) is 23.7 Å². The number of ether oxygens (including phenoxy) is 4. The molecule has 12 unspecified atom stereocenters. The van der Waals surface area contributed by atoms with E-state index in [4.69, 9.17) is 18.9 Å². The highest BCUT2D eigenvalue weighted by Crippen LogP contribution is 2.30. The zero-order valence-corrected chi connectivity index (χ0v) is 47.9. The van der Waals surface area contributed by atoms with Crippen LogP contribution in [-0.4, -0.2) is 140 Å². The van der Waals surface area contributed by atoms with Gasteiger partial charge < -0.3 is 65.1 Å². The molecule has 2 rings (SSSR count). The second-order valence-electron chi connectivity index (χ2n) is 21.4. The van der Waals surface area contributed by atoms with Gasteiger partial charge in [-0.25, -0.2) is 0 Å². The fourth-order valence-electron chi connectivity index (χ4n) is 9.71. The third kappa shape index (κ3) is 33.7. The Labute approximate surface area is 466 Å². The molecule has 2 aliphatic rings. The monoisotopic (exact) mass is 1090 g/mol. The van der Waals surface area contributed by atoms with E-state index in [0.717, 1.165) is 57.8 Å². The molecule has 77 heavy (non-hydrogen) atoms. The van der Waals surface area contributed by atoms with Crippen molar-refractivity contribution in [3.8, 4) is 0 Å². The van der Waals surface area contributed by atoms with Gasteiger partial charge in [0.1, 0.15) is 48.8 Å². The van der Waals surface area contributed by atoms with Crippen molar-refractivity contribution in [1.29, 1.82) is 0 Å². The Hall–Kier alpha value is -2.57. The summed E-state index contributed by atoms with van der Waals surface area (Å²) < 4.78 is 22.7. The van der Waals surface area contributed by atoms with Crippen LogP contribution in [0.15, 0.2) is 72.9 Å². The van der Waals surface area contributed by atoms with Crippen LogP contribution >= 0.6 is 0 Å². The van der Waals surface area contributed by atoms with Crippen LogP contribution in [0.1, 0.15) is 226 Å². The lowest BCUT2D eigenvalue weighted by Gasteiger charge is -2.46. The first-order valence-electron chi connectivity index (χ1n) is 30.7. The summed E-state index contributed by atoms with van der Waals surface area (Å²) in [6.45, 7) is 2.66. The first kappa shape index (κ1) is 70.5. The molecule has 0 radical (unpaired) electrons. The van der Waals surface area contributed by atoms with E-state index in [1.807, 2.05) is 6.08 Å². The van der Waals surface area contributed by atoms with Gasteiger partial charge in [0.15, 0.2) is 12.6 Å². The minimum Gasteiger partial charge on any atom is -0.394 e. The number of nitrogens with one attached hydrogen (secondary N) is 1. The lowest BCUT2D eigenvalue weighted by molar-refractivity contribution is -0.359. The summed E-state index contributed by atoms with van der Waals surface area (Å²) in [5.41, 5.74) is 0. The topological polar surface area (TPSA) is 228 Å². The molecule has 1 amide bonds. The quantitative estimate of drug-likeness (QED) is 0.0204. The lowest BCUT2D eigenvalue weighted by atomic mass is 9.97. The van der Waals surface area contributed by atoms with Gasteiger partial charge in [0, 0.05) is 6.42 Å². The largest absolute Gasteiger partial charge is 0.394 e. The van der Waals surface area contributed by atoms with Crippen LogP contribution < -0.4 is 5.32 Å². The highest BCUT2D eigenvalue weighted by molar-refractivity contribution is 5.76. The van der Waals surface area contributed by atoms with Crippen molar-refractivity contribution in [2.24, 2.45) is 0 Å². The Morgan fingerprint density at radius 1 is 0.481 bits per heavy atom. The molecule has 0 spiro atoms. The van der Waals surface area contributed by atoms with Crippen LogP contribution in [0.2, 0.25) is 0 Å². The molecule has 2 heterocycles. The maximum absolute atomic E-state index is 13.3. The number of rotatable bonds is 48. The number of allylic oxidation sites excluding steroid dienone is 11. The number of aliphatic hydroxyl groups excluding tert-OH is 8. The van der Waals surface area contributed by atoms with Crippen LogP contribution in [0.3, 0.4) is 0 Å². The molecule has 12 atom stereocenters. The summed E-state index contributed by atoms with van der Waals surface area (Å²) in [6, 6.07) is -0.933. The molecule has 0 aromatic carbocycles. The number of amides is 1. The fraction of sp³-hybridized carbons (Fsp3) is 0.794. The first-order chi connectivity index (χ1) is 37.6. The van der Waals surface area contributed by atoms with Crippen molar-refractivity contribution in [1.82, 2.24) is 5.32 Å². The van der Waals surface area contributed by atoms with Gasteiger partial charge in [0.25, 0.3) is 0 Å². The van der Waals surface area contributed by atoms with Crippen molar-refractivity contribution >= 4 is 5.91 Å². The van der Waals surface area contributed by atoms with E-state index in [2.05, 4.69) is 79.9 Å². The third-order valence-electron chi connectivity index (χ3n) is 14.6. The van der Waals surface area contributed by atoms with Crippen molar-refractivity contribution in [3.05, 3.63) is 72.9 Å². The third-order valence-corrected chi connectivity index (χ3v) is 14.6. The number of carbonyl (C=O) groups is 1. The summed E-state index contributed by atoms with van der Waals surface area (Å²) in [5, 5.41) is 87.0. The average Bonchev–Trinajstić information content (AvgIpc) is 3.43. The number of hydrogen-bond acceptors (Lipinski definition) is 13. The number of hydrogen-bond donors (Lipinski definition) is 9. The Morgan fingerprint density at radius 3 is 1.43 bits per heavy atom. The summed E-state index contributed by atoms with van der Waals surface area (Å²) in [5.74, 6) is -0.251. The van der Waals surface area contributed by atoms with Crippen LogP contribution in [0.25, 0.3) is 0 Å². The molecule has 0 bridgehead atoms. The zero-order chi connectivity index (χ0) is 56.0. The summed E-state index contributed by atoms with van der Waals surface area (Å²) in [7, 11) is 0. The molecule has 14 nitrogen and oxygen atoms in total. The number of unbranched alkanes of at least 4 members (excludes halogenated alkanes) is 25. The van der Waals surface area contributed by atoms with E-state index in [0.29, 0.717) is 12.8 Å². The molecule has 14 heteroatoms. The Morgan fingerprint density at radius 2 is 0.909 bits per heavy atom. The van der Waals surface area contributed by atoms with Gasteiger partial charge in [-0.2, -0.15) is 0 Å². The normalized spacial score (nSPS) is 25.2. The van der Waals surface area contributed by atoms with Gasteiger partial charge in [0.05, 0.1) is 32.0 Å². The van der Waals surface area contributed by atoms with E-state index >= 15 is 0 Å². The minimum absolute atomic E-state index is 0.251.